The van der Waals surface area contributed by atoms with Crippen LogP contribution in [0.15, 0.2) is 30.5 Å². The van der Waals surface area contributed by atoms with Crippen molar-refractivity contribution >= 4 is 17.5 Å². The summed E-state index contributed by atoms with van der Waals surface area (Å²) in [6.45, 7) is 0.627. The maximum absolute atomic E-state index is 12.5. The van der Waals surface area contributed by atoms with Gasteiger partial charge in [0.15, 0.2) is 0 Å². The molecule has 7 nitrogen and oxygen atoms in total. The van der Waals surface area contributed by atoms with E-state index < -0.39 is 5.54 Å². The Hall–Kier alpha value is -2.22. The van der Waals surface area contributed by atoms with Crippen LogP contribution in [0.4, 0.5) is 0 Å². The third-order valence-electron chi connectivity index (χ3n) is 4.15. The largest absolute Gasteiger partial charge is 0.474 e. The summed E-state index contributed by atoms with van der Waals surface area (Å²) in [6, 6.07) is 7.03. The van der Waals surface area contributed by atoms with Crippen LogP contribution in [-0.2, 0) is 4.74 Å². The number of rotatable bonds is 8. The van der Waals surface area contributed by atoms with Gasteiger partial charge in [-0.25, -0.2) is 9.97 Å². The summed E-state index contributed by atoms with van der Waals surface area (Å²) in [7, 11) is 1.58. The highest BCUT2D eigenvalue weighted by molar-refractivity contribution is 6.30. The van der Waals surface area contributed by atoms with Crippen LogP contribution >= 0.6 is 11.6 Å². The molecule has 0 aliphatic heterocycles. The first-order valence-electron chi connectivity index (χ1n) is 8.25. The number of carbonyl (C=O) groups excluding carboxylic acids is 1. The van der Waals surface area contributed by atoms with Crippen molar-refractivity contribution in [3.8, 4) is 17.1 Å². The summed E-state index contributed by atoms with van der Waals surface area (Å²) in [5, 5.41) is 12.8. The summed E-state index contributed by atoms with van der Waals surface area (Å²) in [5.74, 6) is -0.0630. The van der Waals surface area contributed by atoms with E-state index in [0.29, 0.717) is 29.8 Å². The summed E-state index contributed by atoms with van der Waals surface area (Å²) >= 11 is 5.95. The number of ether oxygens (including phenoxy) is 2. The van der Waals surface area contributed by atoms with Crippen molar-refractivity contribution in [1.29, 1.82) is 0 Å². The first-order chi connectivity index (χ1) is 12.6. The number of nitrogens with one attached hydrogen (secondary N) is 1. The van der Waals surface area contributed by atoms with Crippen molar-refractivity contribution in [3.05, 3.63) is 41.2 Å². The molecule has 1 aliphatic rings. The summed E-state index contributed by atoms with van der Waals surface area (Å²) < 4.78 is 10.6. The molecular formula is C18H20ClN3O4. The second kappa shape index (κ2) is 7.99. The number of aliphatic hydroxyl groups excluding tert-OH is 1. The van der Waals surface area contributed by atoms with Gasteiger partial charge in [-0.1, -0.05) is 23.7 Å². The number of benzene rings is 1. The van der Waals surface area contributed by atoms with E-state index in [1.54, 1.807) is 31.4 Å². The zero-order valence-electron chi connectivity index (χ0n) is 14.4. The van der Waals surface area contributed by atoms with E-state index in [4.69, 9.17) is 21.1 Å². The van der Waals surface area contributed by atoms with Crippen LogP contribution in [0.2, 0.25) is 5.02 Å². The Bertz CT molecular complexity index is 779. The molecule has 26 heavy (non-hydrogen) atoms. The van der Waals surface area contributed by atoms with Gasteiger partial charge in [-0.2, -0.15) is 0 Å². The highest BCUT2D eigenvalue weighted by Crippen LogP contribution is 2.35. The number of nitrogens with zero attached hydrogens (tertiary/aromatic N) is 2. The fourth-order valence-corrected chi connectivity index (χ4v) is 2.51. The molecule has 0 bridgehead atoms. The van der Waals surface area contributed by atoms with Gasteiger partial charge in [0.05, 0.1) is 24.9 Å². The quantitative estimate of drug-likeness (QED) is 0.684. The Morgan fingerprint density at radius 3 is 2.65 bits per heavy atom. The van der Waals surface area contributed by atoms with Crippen LogP contribution in [0.5, 0.6) is 5.88 Å². The topological polar surface area (TPSA) is 93.6 Å². The number of aromatic nitrogens is 2. The lowest BCUT2D eigenvalue weighted by atomic mass is 10.1. The van der Waals surface area contributed by atoms with Crippen molar-refractivity contribution in [3.63, 3.8) is 0 Å². The van der Waals surface area contributed by atoms with E-state index in [9.17, 15) is 9.90 Å². The first kappa shape index (κ1) is 18.6. The lowest BCUT2D eigenvalue weighted by Gasteiger charge is -2.15. The molecule has 1 aliphatic carbocycles. The van der Waals surface area contributed by atoms with Gasteiger partial charge in [-0.15, -0.1) is 0 Å². The zero-order chi connectivity index (χ0) is 18.6. The highest BCUT2D eigenvalue weighted by atomic mass is 35.5. The summed E-state index contributed by atoms with van der Waals surface area (Å²) in [4.78, 5) is 21.1. The van der Waals surface area contributed by atoms with Crippen molar-refractivity contribution in [2.75, 3.05) is 26.9 Å². The number of hydrogen-bond donors (Lipinski definition) is 2. The molecule has 8 heteroatoms. The van der Waals surface area contributed by atoms with Crippen LogP contribution in [0.25, 0.3) is 11.3 Å². The number of methoxy groups -OCH3 is 1. The third kappa shape index (κ3) is 4.30. The minimum atomic E-state index is -0.521. The number of halogens is 1. The Morgan fingerprint density at radius 2 is 2.04 bits per heavy atom. The van der Waals surface area contributed by atoms with E-state index in [0.717, 1.165) is 18.4 Å². The molecule has 3 rings (SSSR count). The average Bonchev–Trinajstić information content (AvgIpc) is 3.43. The number of aliphatic hydroxyl groups is 1. The van der Waals surface area contributed by atoms with Gasteiger partial charge >= 0.3 is 0 Å². The zero-order valence-corrected chi connectivity index (χ0v) is 15.1. The number of hydrogen-bond acceptors (Lipinski definition) is 6. The molecule has 1 heterocycles. The molecule has 0 unspecified atom stereocenters. The molecule has 1 amide bonds. The predicted octanol–water partition coefficient (Wildman–Crippen LogP) is 2.08. The normalized spacial score (nSPS) is 14.7. The van der Waals surface area contributed by atoms with Crippen molar-refractivity contribution in [1.82, 2.24) is 15.3 Å². The Morgan fingerprint density at radius 1 is 1.31 bits per heavy atom. The van der Waals surface area contributed by atoms with E-state index in [1.165, 1.54) is 6.20 Å². The molecule has 1 aromatic carbocycles. The van der Waals surface area contributed by atoms with E-state index in [-0.39, 0.29) is 18.2 Å². The van der Waals surface area contributed by atoms with E-state index in [2.05, 4.69) is 15.3 Å². The third-order valence-corrected chi connectivity index (χ3v) is 4.40. The standard InChI is InChI=1S/C18H20ClN3O4/c1-25-8-9-26-17-15(12-2-4-13(19)5-3-12)21-14(10-20-17)16(24)22-18(11-23)6-7-18/h2-5,10,23H,6-9,11H2,1H3,(H,22,24). The molecule has 1 aromatic heterocycles. The number of amides is 1. The van der Waals surface area contributed by atoms with Gasteiger partial charge in [-0.05, 0) is 25.0 Å². The SMILES string of the molecule is COCCOc1ncc(C(=O)NC2(CO)CC2)nc1-c1ccc(Cl)cc1. The molecule has 0 radical (unpaired) electrons. The van der Waals surface area contributed by atoms with Crippen molar-refractivity contribution < 1.29 is 19.4 Å². The van der Waals surface area contributed by atoms with Crippen LogP contribution in [-0.4, -0.2) is 53.5 Å². The predicted molar refractivity (Wildman–Crippen MR) is 96.4 cm³/mol. The van der Waals surface area contributed by atoms with Crippen LogP contribution in [0.3, 0.4) is 0 Å². The Balaban J connectivity index is 1.89. The monoisotopic (exact) mass is 377 g/mol. The van der Waals surface area contributed by atoms with Crippen LogP contribution in [0.1, 0.15) is 23.3 Å². The highest BCUT2D eigenvalue weighted by Gasteiger charge is 2.43. The lowest BCUT2D eigenvalue weighted by Crippen LogP contribution is -2.40. The molecule has 1 fully saturated rings. The van der Waals surface area contributed by atoms with Crippen molar-refractivity contribution in [2.45, 2.75) is 18.4 Å². The minimum absolute atomic E-state index is 0.0889. The van der Waals surface area contributed by atoms with E-state index >= 15 is 0 Å². The molecule has 0 saturated heterocycles. The second-order valence-electron chi connectivity index (χ2n) is 6.15. The first-order valence-corrected chi connectivity index (χ1v) is 8.63. The second-order valence-corrected chi connectivity index (χ2v) is 6.59. The van der Waals surface area contributed by atoms with Gasteiger partial charge in [0.25, 0.3) is 5.91 Å². The van der Waals surface area contributed by atoms with Gasteiger partial charge in [0.2, 0.25) is 5.88 Å². The Labute approximate surface area is 156 Å². The molecular weight excluding hydrogens is 358 g/mol. The van der Waals surface area contributed by atoms with Gasteiger partial charge in [0, 0.05) is 17.7 Å². The lowest BCUT2D eigenvalue weighted by molar-refractivity contribution is 0.0901. The van der Waals surface area contributed by atoms with Gasteiger partial charge in [0.1, 0.15) is 18.0 Å². The summed E-state index contributed by atoms with van der Waals surface area (Å²) in [5.41, 5.74) is 0.813. The van der Waals surface area contributed by atoms with Crippen molar-refractivity contribution in [2.24, 2.45) is 0 Å². The molecule has 0 atom stereocenters. The molecule has 138 valence electrons. The smallest absolute Gasteiger partial charge is 0.272 e. The minimum Gasteiger partial charge on any atom is -0.474 e. The van der Waals surface area contributed by atoms with Crippen LogP contribution < -0.4 is 10.1 Å². The number of carbonyl (C=O) groups is 1. The van der Waals surface area contributed by atoms with Crippen LogP contribution in [0, 0.1) is 0 Å². The summed E-state index contributed by atoms with van der Waals surface area (Å²) in [6.07, 6.45) is 2.88. The molecule has 2 N–H and O–H groups in total. The average molecular weight is 378 g/mol. The van der Waals surface area contributed by atoms with E-state index in [1.807, 2.05) is 0 Å². The molecule has 2 aromatic rings. The van der Waals surface area contributed by atoms with Gasteiger partial charge < -0.3 is 19.9 Å². The maximum atomic E-state index is 12.5. The maximum Gasteiger partial charge on any atom is 0.272 e. The fraction of sp³-hybridized carbons (Fsp3) is 0.389. The fourth-order valence-electron chi connectivity index (χ4n) is 2.39. The molecule has 1 saturated carbocycles. The Kier molecular flexibility index (Phi) is 5.70. The molecule has 0 spiro atoms. The van der Waals surface area contributed by atoms with Gasteiger partial charge in [-0.3, -0.25) is 4.79 Å².